The first-order valence-electron chi connectivity index (χ1n) is 6.26. The molecule has 1 atom stereocenters. The number of hydrogen-bond acceptors (Lipinski definition) is 3. The second kappa shape index (κ2) is 9.05. The van der Waals surface area contributed by atoms with Gasteiger partial charge in [-0.2, -0.15) is 0 Å². The molecule has 0 spiro atoms. The van der Waals surface area contributed by atoms with E-state index in [4.69, 9.17) is 0 Å². The summed E-state index contributed by atoms with van der Waals surface area (Å²) in [6.07, 6.45) is 0.856. The van der Waals surface area contributed by atoms with Crippen LogP contribution in [-0.4, -0.2) is 36.2 Å². The molecule has 0 bridgehead atoms. The van der Waals surface area contributed by atoms with Gasteiger partial charge >= 0.3 is 0 Å². The van der Waals surface area contributed by atoms with Gasteiger partial charge in [-0.05, 0) is 28.4 Å². The lowest BCUT2D eigenvalue weighted by Crippen LogP contribution is -2.45. The maximum absolute atomic E-state index is 13.7. The van der Waals surface area contributed by atoms with Crippen molar-refractivity contribution in [2.24, 2.45) is 0 Å². The Morgan fingerprint density at radius 2 is 1.95 bits per heavy atom. The molecule has 1 aliphatic rings. The Bertz CT molecular complexity index is 431. The van der Waals surface area contributed by atoms with Crippen LogP contribution < -0.4 is 5.32 Å². The second-order valence-corrected chi connectivity index (χ2v) is 5.36. The summed E-state index contributed by atoms with van der Waals surface area (Å²) in [5, 5.41) is 13.3. The molecule has 116 valence electrons. The van der Waals surface area contributed by atoms with E-state index in [0.29, 0.717) is 10.0 Å². The highest BCUT2D eigenvalue weighted by Gasteiger charge is 2.24. The molecule has 2 rings (SSSR count). The van der Waals surface area contributed by atoms with Gasteiger partial charge in [-0.25, -0.2) is 4.39 Å². The van der Waals surface area contributed by atoms with Gasteiger partial charge in [0.15, 0.2) is 11.6 Å². The van der Waals surface area contributed by atoms with Gasteiger partial charge < -0.3 is 10.4 Å². The van der Waals surface area contributed by atoms with Gasteiger partial charge in [-0.3, -0.25) is 4.90 Å². The van der Waals surface area contributed by atoms with E-state index in [1.165, 1.54) is 0 Å². The van der Waals surface area contributed by atoms with Gasteiger partial charge in [-0.15, -0.1) is 24.8 Å². The van der Waals surface area contributed by atoms with Crippen molar-refractivity contribution in [1.82, 2.24) is 10.2 Å². The van der Waals surface area contributed by atoms with Gasteiger partial charge in [0.1, 0.15) is 0 Å². The van der Waals surface area contributed by atoms with E-state index in [1.807, 2.05) is 0 Å². The monoisotopic (exact) mass is 388 g/mol. The highest BCUT2D eigenvalue weighted by molar-refractivity contribution is 9.10. The van der Waals surface area contributed by atoms with E-state index in [-0.39, 0.29) is 36.6 Å². The number of benzene rings is 1. The summed E-state index contributed by atoms with van der Waals surface area (Å²) in [6.45, 7) is 5.80. The summed E-state index contributed by atoms with van der Waals surface area (Å²) >= 11 is 3.09. The van der Waals surface area contributed by atoms with Gasteiger partial charge in [-0.1, -0.05) is 13.0 Å². The summed E-state index contributed by atoms with van der Waals surface area (Å²) in [6, 6.07) is 3.54. The van der Waals surface area contributed by atoms with Crippen LogP contribution in [0.2, 0.25) is 0 Å². The molecule has 1 fully saturated rings. The Hall–Kier alpha value is -0.0700. The van der Waals surface area contributed by atoms with E-state index >= 15 is 0 Å². The van der Waals surface area contributed by atoms with Crippen molar-refractivity contribution in [2.75, 3.05) is 26.2 Å². The first kappa shape index (κ1) is 19.9. The molecule has 20 heavy (non-hydrogen) atoms. The molecule has 0 amide bonds. The van der Waals surface area contributed by atoms with Crippen LogP contribution in [0, 0.1) is 5.82 Å². The Balaban J connectivity index is 0.00000180. The average Bonchev–Trinajstić information content (AvgIpc) is 2.41. The zero-order chi connectivity index (χ0) is 13.1. The van der Waals surface area contributed by atoms with Crippen molar-refractivity contribution in [3.05, 3.63) is 28.0 Å². The highest BCUT2D eigenvalue weighted by Crippen LogP contribution is 2.35. The molecule has 0 aromatic heterocycles. The number of rotatable bonds is 3. The average molecular weight is 390 g/mol. The first-order chi connectivity index (χ1) is 8.65. The molecule has 0 radical (unpaired) electrons. The molecule has 0 saturated carbocycles. The Kier molecular flexibility index (Phi) is 9.02. The van der Waals surface area contributed by atoms with Crippen molar-refractivity contribution in [3.8, 4) is 5.75 Å². The third-order valence-electron chi connectivity index (χ3n) is 3.44. The molecule has 3 nitrogen and oxygen atoms in total. The summed E-state index contributed by atoms with van der Waals surface area (Å²) in [5.74, 6) is -0.796. The van der Waals surface area contributed by atoms with E-state index in [9.17, 15) is 9.50 Å². The fourth-order valence-electron chi connectivity index (χ4n) is 2.49. The largest absolute Gasteiger partial charge is 0.505 e. The number of phenols is 1. The normalized spacial score (nSPS) is 16.9. The topological polar surface area (TPSA) is 35.5 Å². The number of nitrogens with zero attached hydrogens (tertiary/aromatic N) is 1. The quantitative estimate of drug-likeness (QED) is 0.830. The molecule has 1 aliphatic heterocycles. The van der Waals surface area contributed by atoms with Crippen LogP contribution in [0.15, 0.2) is 16.6 Å². The summed E-state index contributed by atoms with van der Waals surface area (Å²) in [4.78, 5) is 2.29. The maximum Gasteiger partial charge on any atom is 0.179 e. The predicted molar refractivity (Wildman–Crippen MR) is 87.7 cm³/mol. The molecule has 1 saturated heterocycles. The minimum absolute atomic E-state index is 0. The molecule has 7 heteroatoms. The molecular weight excluding hydrogens is 370 g/mol. The van der Waals surface area contributed by atoms with Crippen molar-refractivity contribution < 1.29 is 9.50 Å². The number of aromatic hydroxyl groups is 1. The zero-order valence-corrected chi connectivity index (χ0v) is 14.5. The van der Waals surface area contributed by atoms with Crippen LogP contribution in [0.4, 0.5) is 4.39 Å². The van der Waals surface area contributed by atoms with Crippen molar-refractivity contribution >= 4 is 40.7 Å². The lowest BCUT2D eigenvalue weighted by Gasteiger charge is -2.35. The third kappa shape index (κ3) is 4.21. The molecule has 1 aromatic carbocycles. The van der Waals surface area contributed by atoms with Crippen LogP contribution in [0.3, 0.4) is 0 Å². The number of hydrogen-bond donors (Lipinski definition) is 2. The zero-order valence-electron chi connectivity index (χ0n) is 11.2. The Morgan fingerprint density at radius 1 is 1.35 bits per heavy atom. The maximum atomic E-state index is 13.7. The smallest absolute Gasteiger partial charge is 0.179 e. The van der Waals surface area contributed by atoms with Gasteiger partial charge in [0, 0.05) is 37.8 Å². The first-order valence-corrected chi connectivity index (χ1v) is 7.06. The van der Waals surface area contributed by atoms with Gasteiger partial charge in [0.25, 0.3) is 0 Å². The Morgan fingerprint density at radius 3 is 2.50 bits per heavy atom. The summed E-state index contributed by atoms with van der Waals surface area (Å²) in [5.41, 5.74) is 0.681. The van der Waals surface area contributed by atoms with Crippen LogP contribution in [0.1, 0.15) is 24.9 Å². The SMILES string of the molecule is CC[C@H](c1ccc(Br)c(F)c1O)N1CCNCC1.Cl.Cl. The van der Waals surface area contributed by atoms with E-state index in [1.54, 1.807) is 12.1 Å². The number of nitrogens with one attached hydrogen (secondary N) is 1. The minimum atomic E-state index is -0.568. The van der Waals surface area contributed by atoms with Crippen molar-refractivity contribution in [2.45, 2.75) is 19.4 Å². The highest BCUT2D eigenvalue weighted by atomic mass is 79.9. The third-order valence-corrected chi connectivity index (χ3v) is 4.05. The standard InChI is InChI=1S/C13H18BrFN2O.2ClH/c1-2-11(17-7-5-16-6-8-17)9-3-4-10(14)12(15)13(9)18;;/h3-4,11,16,18H,2,5-8H2,1H3;2*1H/t11-;;/m1../s1. The van der Waals surface area contributed by atoms with E-state index in [2.05, 4.69) is 33.1 Å². The molecule has 2 N–H and O–H groups in total. The molecule has 0 aliphatic carbocycles. The molecular formula is C13H20BrCl2FN2O. The molecule has 0 unspecified atom stereocenters. The van der Waals surface area contributed by atoms with Gasteiger partial charge in [0.05, 0.1) is 4.47 Å². The fourth-order valence-corrected chi connectivity index (χ4v) is 2.81. The Labute approximate surface area is 139 Å². The van der Waals surface area contributed by atoms with Crippen LogP contribution in [0.5, 0.6) is 5.75 Å². The minimum Gasteiger partial charge on any atom is -0.505 e. The van der Waals surface area contributed by atoms with Gasteiger partial charge in [0.2, 0.25) is 0 Å². The molecule has 1 aromatic rings. The summed E-state index contributed by atoms with van der Waals surface area (Å²) in [7, 11) is 0. The van der Waals surface area contributed by atoms with Crippen LogP contribution in [-0.2, 0) is 0 Å². The lowest BCUT2D eigenvalue weighted by atomic mass is 10.0. The fraction of sp³-hybridized carbons (Fsp3) is 0.538. The molecule has 1 heterocycles. The second-order valence-electron chi connectivity index (χ2n) is 4.51. The van der Waals surface area contributed by atoms with Crippen molar-refractivity contribution in [1.29, 1.82) is 0 Å². The van der Waals surface area contributed by atoms with Crippen LogP contribution >= 0.6 is 40.7 Å². The lowest BCUT2D eigenvalue weighted by molar-refractivity contribution is 0.166. The van der Waals surface area contributed by atoms with E-state index < -0.39 is 5.82 Å². The predicted octanol–water partition coefficient (Wildman–Crippen LogP) is 3.49. The summed E-state index contributed by atoms with van der Waals surface area (Å²) < 4.78 is 14.0. The number of piperazine rings is 1. The van der Waals surface area contributed by atoms with E-state index in [0.717, 1.165) is 32.6 Å². The van der Waals surface area contributed by atoms with Crippen LogP contribution in [0.25, 0.3) is 0 Å². The number of halogens is 4. The van der Waals surface area contributed by atoms with Crippen molar-refractivity contribution in [3.63, 3.8) is 0 Å². The number of phenolic OH excluding ortho intramolecular Hbond substituents is 1.